The Bertz CT molecular complexity index is 725. The molecule has 1 saturated heterocycles. The first-order valence-corrected chi connectivity index (χ1v) is 8.31. The van der Waals surface area contributed by atoms with Crippen molar-refractivity contribution in [1.29, 1.82) is 0 Å². The molecule has 0 aliphatic carbocycles. The maximum atomic E-state index is 13.4. The SMILES string of the molecule is Cl.O=C(NC1CCCNC1)C(Oc1ccc(F)c(F)c1)c1ccccc1. The number of nitrogens with one attached hydrogen (secondary N) is 2. The van der Waals surface area contributed by atoms with Gasteiger partial charge in [-0.3, -0.25) is 4.79 Å². The van der Waals surface area contributed by atoms with E-state index in [1.54, 1.807) is 24.3 Å². The van der Waals surface area contributed by atoms with E-state index in [0.29, 0.717) is 12.1 Å². The third kappa shape index (κ3) is 5.16. The summed E-state index contributed by atoms with van der Waals surface area (Å²) in [5.41, 5.74) is 0.647. The fourth-order valence-electron chi connectivity index (χ4n) is 2.84. The lowest BCUT2D eigenvalue weighted by Crippen LogP contribution is -2.47. The number of piperidine rings is 1. The molecule has 7 heteroatoms. The highest BCUT2D eigenvalue weighted by Gasteiger charge is 2.26. The number of carbonyl (C=O) groups excluding carboxylic acids is 1. The molecule has 0 bridgehead atoms. The molecule has 1 fully saturated rings. The zero-order chi connectivity index (χ0) is 17.6. The van der Waals surface area contributed by atoms with E-state index in [1.807, 2.05) is 6.07 Å². The van der Waals surface area contributed by atoms with Crippen molar-refractivity contribution in [3.8, 4) is 5.75 Å². The molecule has 4 nitrogen and oxygen atoms in total. The van der Waals surface area contributed by atoms with Crippen molar-refractivity contribution >= 4 is 18.3 Å². The first-order chi connectivity index (χ1) is 12.1. The van der Waals surface area contributed by atoms with Crippen molar-refractivity contribution in [3.63, 3.8) is 0 Å². The minimum Gasteiger partial charge on any atom is -0.476 e. The van der Waals surface area contributed by atoms with E-state index >= 15 is 0 Å². The van der Waals surface area contributed by atoms with Gasteiger partial charge >= 0.3 is 0 Å². The largest absolute Gasteiger partial charge is 0.476 e. The van der Waals surface area contributed by atoms with Gasteiger partial charge in [-0.25, -0.2) is 8.78 Å². The van der Waals surface area contributed by atoms with Crippen LogP contribution in [0.1, 0.15) is 24.5 Å². The van der Waals surface area contributed by atoms with Crippen LogP contribution in [0.2, 0.25) is 0 Å². The molecule has 26 heavy (non-hydrogen) atoms. The Labute approximate surface area is 157 Å². The van der Waals surface area contributed by atoms with E-state index in [1.165, 1.54) is 6.07 Å². The number of hydrogen-bond acceptors (Lipinski definition) is 3. The van der Waals surface area contributed by atoms with Gasteiger partial charge in [-0.1, -0.05) is 30.3 Å². The summed E-state index contributed by atoms with van der Waals surface area (Å²) in [6.45, 7) is 1.65. The van der Waals surface area contributed by atoms with Crippen LogP contribution in [0.5, 0.6) is 5.75 Å². The maximum Gasteiger partial charge on any atom is 0.266 e. The van der Waals surface area contributed by atoms with Crippen molar-refractivity contribution in [2.75, 3.05) is 13.1 Å². The van der Waals surface area contributed by atoms with Crippen LogP contribution < -0.4 is 15.4 Å². The highest BCUT2D eigenvalue weighted by atomic mass is 35.5. The van der Waals surface area contributed by atoms with Gasteiger partial charge in [0.25, 0.3) is 5.91 Å². The van der Waals surface area contributed by atoms with Crippen LogP contribution in [0.4, 0.5) is 8.78 Å². The predicted molar refractivity (Wildman–Crippen MR) is 97.5 cm³/mol. The van der Waals surface area contributed by atoms with Crippen molar-refractivity contribution in [3.05, 3.63) is 65.7 Å². The number of halogens is 3. The summed E-state index contributed by atoms with van der Waals surface area (Å²) in [6.07, 6.45) is 0.948. The van der Waals surface area contributed by atoms with E-state index < -0.39 is 17.7 Å². The number of benzene rings is 2. The van der Waals surface area contributed by atoms with Crippen molar-refractivity contribution in [2.45, 2.75) is 25.0 Å². The number of hydrogen-bond donors (Lipinski definition) is 2. The minimum absolute atomic E-state index is 0. The lowest BCUT2D eigenvalue weighted by molar-refractivity contribution is -0.129. The summed E-state index contributed by atoms with van der Waals surface area (Å²) in [7, 11) is 0. The Kier molecular flexibility index (Phi) is 7.36. The van der Waals surface area contributed by atoms with Crippen LogP contribution in [0.3, 0.4) is 0 Å². The van der Waals surface area contributed by atoms with Gasteiger partial charge in [-0.05, 0) is 31.5 Å². The number of amides is 1. The second-order valence-corrected chi connectivity index (χ2v) is 6.04. The first-order valence-electron chi connectivity index (χ1n) is 8.31. The van der Waals surface area contributed by atoms with Crippen molar-refractivity contribution in [2.24, 2.45) is 0 Å². The summed E-state index contributed by atoms with van der Waals surface area (Å²) in [4.78, 5) is 12.7. The highest BCUT2D eigenvalue weighted by molar-refractivity contribution is 5.85. The highest BCUT2D eigenvalue weighted by Crippen LogP contribution is 2.24. The van der Waals surface area contributed by atoms with Crippen molar-refractivity contribution < 1.29 is 18.3 Å². The van der Waals surface area contributed by atoms with Crippen LogP contribution in [0, 0.1) is 11.6 Å². The second-order valence-electron chi connectivity index (χ2n) is 6.04. The Hall–Kier alpha value is -2.18. The van der Waals surface area contributed by atoms with E-state index in [-0.39, 0.29) is 30.1 Å². The van der Waals surface area contributed by atoms with Gasteiger partial charge < -0.3 is 15.4 Å². The maximum absolute atomic E-state index is 13.4. The van der Waals surface area contributed by atoms with Crippen LogP contribution >= 0.6 is 12.4 Å². The molecule has 1 heterocycles. The van der Waals surface area contributed by atoms with E-state index in [2.05, 4.69) is 10.6 Å². The predicted octanol–water partition coefficient (Wildman–Crippen LogP) is 3.37. The lowest BCUT2D eigenvalue weighted by atomic mass is 10.1. The fourth-order valence-corrected chi connectivity index (χ4v) is 2.84. The Morgan fingerprint density at radius 2 is 1.92 bits per heavy atom. The molecule has 2 N–H and O–H groups in total. The summed E-state index contributed by atoms with van der Waals surface area (Å²) in [5, 5.41) is 6.20. The van der Waals surface area contributed by atoms with Gasteiger partial charge in [0.05, 0.1) is 0 Å². The fraction of sp³-hybridized carbons (Fsp3) is 0.316. The van der Waals surface area contributed by atoms with Gasteiger partial charge in [0.1, 0.15) is 5.75 Å². The third-order valence-corrected chi connectivity index (χ3v) is 4.13. The first kappa shape index (κ1) is 20.1. The molecular weight excluding hydrogens is 362 g/mol. The normalized spacial score (nSPS) is 17.7. The molecule has 1 aliphatic rings. The third-order valence-electron chi connectivity index (χ3n) is 4.13. The average Bonchev–Trinajstić information content (AvgIpc) is 2.64. The van der Waals surface area contributed by atoms with Gasteiger partial charge in [0.2, 0.25) is 6.10 Å². The zero-order valence-electron chi connectivity index (χ0n) is 14.1. The molecule has 3 rings (SSSR count). The smallest absolute Gasteiger partial charge is 0.266 e. The number of rotatable bonds is 5. The van der Waals surface area contributed by atoms with E-state index in [0.717, 1.165) is 31.5 Å². The van der Waals surface area contributed by atoms with Crippen LogP contribution in [0.25, 0.3) is 0 Å². The lowest BCUT2D eigenvalue weighted by Gasteiger charge is -2.26. The summed E-state index contributed by atoms with van der Waals surface area (Å²) >= 11 is 0. The molecule has 2 aromatic carbocycles. The van der Waals surface area contributed by atoms with Gasteiger partial charge in [-0.2, -0.15) is 0 Å². The molecule has 2 aromatic rings. The molecule has 2 atom stereocenters. The van der Waals surface area contributed by atoms with Crippen LogP contribution in [-0.4, -0.2) is 25.0 Å². The Morgan fingerprint density at radius 3 is 2.58 bits per heavy atom. The molecule has 1 aliphatic heterocycles. The quantitative estimate of drug-likeness (QED) is 0.833. The molecule has 0 aromatic heterocycles. The molecule has 140 valence electrons. The van der Waals surface area contributed by atoms with Gasteiger partial charge in [0, 0.05) is 24.2 Å². The minimum atomic E-state index is -1.01. The Balaban J connectivity index is 0.00000243. The summed E-state index contributed by atoms with van der Waals surface area (Å²) in [6, 6.07) is 12.2. The second kappa shape index (κ2) is 9.50. The molecular formula is C19H21ClF2N2O2. The Morgan fingerprint density at radius 1 is 1.15 bits per heavy atom. The molecule has 2 unspecified atom stereocenters. The molecule has 0 radical (unpaired) electrons. The van der Waals surface area contributed by atoms with E-state index in [9.17, 15) is 13.6 Å². The van der Waals surface area contributed by atoms with Crippen LogP contribution in [-0.2, 0) is 4.79 Å². The molecule has 0 saturated carbocycles. The van der Waals surface area contributed by atoms with Crippen molar-refractivity contribution in [1.82, 2.24) is 10.6 Å². The van der Waals surface area contributed by atoms with E-state index in [4.69, 9.17) is 4.74 Å². The summed E-state index contributed by atoms with van der Waals surface area (Å²) in [5.74, 6) is -2.17. The van der Waals surface area contributed by atoms with Gasteiger partial charge in [-0.15, -0.1) is 12.4 Å². The average molecular weight is 383 g/mol. The van der Waals surface area contributed by atoms with Crippen LogP contribution in [0.15, 0.2) is 48.5 Å². The molecule has 0 spiro atoms. The van der Waals surface area contributed by atoms with Gasteiger partial charge in [0.15, 0.2) is 11.6 Å². The number of carbonyl (C=O) groups is 1. The topological polar surface area (TPSA) is 50.4 Å². The number of ether oxygens (including phenoxy) is 1. The zero-order valence-corrected chi connectivity index (χ0v) is 14.9. The standard InChI is InChI=1S/C19H20F2N2O2.ClH/c20-16-9-8-15(11-17(16)21)25-18(13-5-2-1-3-6-13)19(24)23-14-7-4-10-22-12-14;/h1-3,5-6,8-9,11,14,18,22H,4,7,10,12H2,(H,23,24);1H. The molecule has 1 amide bonds. The summed E-state index contributed by atoms with van der Waals surface area (Å²) < 4.78 is 32.3. The monoisotopic (exact) mass is 382 g/mol.